The van der Waals surface area contributed by atoms with E-state index in [1.54, 1.807) is 12.1 Å². The molecule has 1 aromatic carbocycles. The monoisotopic (exact) mass is 281 g/mol. The molecule has 0 aliphatic carbocycles. The minimum absolute atomic E-state index is 0.0946. The van der Waals surface area contributed by atoms with Gasteiger partial charge in [0.25, 0.3) is 0 Å². The molecule has 7 nitrogen and oxygen atoms in total. The molecule has 0 aliphatic heterocycles. The van der Waals surface area contributed by atoms with Gasteiger partial charge in [-0.2, -0.15) is 0 Å². The number of para-hydroxylation sites is 2. The van der Waals surface area contributed by atoms with Crippen LogP contribution >= 0.6 is 0 Å². The van der Waals surface area contributed by atoms with Crippen molar-refractivity contribution in [1.29, 1.82) is 0 Å². The van der Waals surface area contributed by atoms with Crippen LogP contribution in [0.1, 0.15) is 12.8 Å². The van der Waals surface area contributed by atoms with Gasteiger partial charge in [0.2, 0.25) is 6.41 Å². The fourth-order valence-corrected chi connectivity index (χ4v) is 1.73. The average Bonchev–Trinajstić information content (AvgIpc) is 2.39. The second-order valence-corrected chi connectivity index (χ2v) is 4.21. The van der Waals surface area contributed by atoms with Gasteiger partial charge < -0.3 is 20.2 Å². The first-order valence-corrected chi connectivity index (χ1v) is 5.90. The average molecular weight is 281 g/mol. The summed E-state index contributed by atoms with van der Waals surface area (Å²) in [6, 6.07) is 6.01. The number of phenols is 1. The zero-order chi connectivity index (χ0) is 15.1. The molecule has 0 radical (unpaired) electrons. The number of carboxylic acid groups (broad SMARTS) is 2. The first-order chi connectivity index (χ1) is 9.45. The van der Waals surface area contributed by atoms with Gasteiger partial charge in [0, 0.05) is 13.0 Å². The van der Waals surface area contributed by atoms with Crippen molar-refractivity contribution in [1.82, 2.24) is 0 Å². The quantitative estimate of drug-likeness (QED) is 0.610. The Labute approximate surface area is 115 Å². The van der Waals surface area contributed by atoms with E-state index in [1.807, 2.05) is 0 Å². The summed E-state index contributed by atoms with van der Waals surface area (Å²) in [6.45, 7) is -0.205. The van der Waals surface area contributed by atoms with E-state index in [4.69, 9.17) is 10.2 Å². The number of phenolic OH excluding ortho intramolecular Hbond substituents is 1. The summed E-state index contributed by atoms with van der Waals surface area (Å²) < 4.78 is 0. The van der Waals surface area contributed by atoms with Gasteiger partial charge in [0.05, 0.1) is 11.6 Å². The van der Waals surface area contributed by atoms with E-state index in [1.165, 1.54) is 12.1 Å². The van der Waals surface area contributed by atoms with Crippen LogP contribution in [-0.2, 0) is 14.4 Å². The molecule has 3 N–H and O–H groups in total. The van der Waals surface area contributed by atoms with Crippen LogP contribution in [0.4, 0.5) is 5.69 Å². The molecule has 108 valence electrons. The van der Waals surface area contributed by atoms with Crippen LogP contribution < -0.4 is 4.90 Å². The Morgan fingerprint density at radius 2 is 1.90 bits per heavy atom. The molecule has 1 unspecified atom stereocenters. The normalized spacial score (nSPS) is 11.6. The molecule has 1 rings (SSSR count). The molecular formula is C13H15NO6. The Morgan fingerprint density at radius 1 is 1.25 bits per heavy atom. The predicted octanol–water partition coefficient (Wildman–Crippen LogP) is 0.921. The van der Waals surface area contributed by atoms with Crippen molar-refractivity contribution in [2.45, 2.75) is 12.8 Å². The third-order valence-electron chi connectivity index (χ3n) is 2.79. The molecule has 7 heteroatoms. The molecule has 1 amide bonds. The number of carboxylic acids is 2. The second kappa shape index (κ2) is 7.13. The van der Waals surface area contributed by atoms with Crippen molar-refractivity contribution in [3.8, 4) is 5.75 Å². The molecule has 0 bridgehead atoms. The molecule has 0 saturated heterocycles. The SMILES string of the molecule is O=CN(CC(CCC(=O)O)C(=O)O)c1ccccc1O. The van der Waals surface area contributed by atoms with Crippen LogP contribution in [0, 0.1) is 5.92 Å². The summed E-state index contributed by atoms with van der Waals surface area (Å²) in [5.74, 6) is -3.46. The molecule has 1 aromatic rings. The number of benzene rings is 1. The molecule has 0 aromatic heterocycles. The van der Waals surface area contributed by atoms with Gasteiger partial charge in [-0.1, -0.05) is 12.1 Å². The maximum absolute atomic E-state index is 11.1. The van der Waals surface area contributed by atoms with E-state index in [-0.39, 0.29) is 30.8 Å². The predicted molar refractivity (Wildman–Crippen MR) is 69.5 cm³/mol. The number of aromatic hydroxyl groups is 1. The molecular weight excluding hydrogens is 266 g/mol. The highest BCUT2D eigenvalue weighted by Gasteiger charge is 2.23. The van der Waals surface area contributed by atoms with Gasteiger partial charge in [0.1, 0.15) is 5.75 Å². The number of amides is 1. The number of hydrogen-bond acceptors (Lipinski definition) is 4. The first-order valence-electron chi connectivity index (χ1n) is 5.90. The van der Waals surface area contributed by atoms with Gasteiger partial charge in [0.15, 0.2) is 0 Å². The number of rotatable bonds is 8. The Hall–Kier alpha value is -2.57. The lowest BCUT2D eigenvalue weighted by molar-refractivity contribution is -0.142. The third-order valence-corrected chi connectivity index (χ3v) is 2.79. The van der Waals surface area contributed by atoms with Crippen molar-refractivity contribution in [2.75, 3.05) is 11.4 Å². The number of carbonyl (C=O) groups excluding carboxylic acids is 1. The number of nitrogens with zero attached hydrogens (tertiary/aromatic N) is 1. The molecule has 0 heterocycles. The van der Waals surface area contributed by atoms with Crippen molar-refractivity contribution >= 4 is 24.0 Å². The topological polar surface area (TPSA) is 115 Å². The van der Waals surface area contributed by atoms with Crippen LogP contribution in [0.15, 0.2) is 24.3 Å². The van der Waals surface area contributed by atoms with Crippen LogP contribution in [0.3, 0.4) is 0 Å². The Kier molecular flexibility index (Phi) is 5.52. The fourth-order valence-electron chi connectivity index (χ4n) is 1.73. The highest BCUT2D eigenvalue weighted by molar-refractivity contribution is 5.81. The van der Waals surface area contributed by atoms with Crippen LogP contribution in [-0.4, -0.2) is 40.2 Å². The fraction of sp³-hybridized carbons (Fsp3) is 0.308. The zero-order valence-corrected chi connectivity index (χ0v) is 10.6. The summed E-state index contributed by atoms with van der Waals surface area (Å²) in [6.07, 6.45) is 0.0127. The lowest BCUT2D eigenvalue weighted by Crippen LogP contribution is -2.32. The minimum Gasteiger partial charge on any atom is -0.506 e. The van der Waals surface area contributed by atoms with E-state index in [0.717, 1.165) is 4.90 Å². The van der Waals surface area contributed by atoms with Gasteiger partial charge >= 0.3 is 11.9 Å². The zero-order valence-electron chi connectivity index (χ0n) is 10.6. The highest BCUT2D eigenvalue weighted by Crippen LogP contribution is 2.26. The van der Waals surface area contributed by atoms with Gasteiger partial charge in [-0.05, 0) is 18.6 Å². The highest BCUT2D eigenvalue weighted by atomic mass is 16.4. The summed E-state index contributed by atoms with van der Waals surface area (Å²) >= 11 is 0. The van der Waals surface area contributed by atoms with Crippen molar-refractivity contribution in [3.63, 3.8) is 0 Å². The van der Waals surface area contributed by atoms with Crippen LogP contribution in [0.25, 0.3) is 0 Å². The summed E-state index contributed by atoms with van der Waals surface area (Å²) in [4.78, 5) is 33.7. The largest absolute Gasteiger partial charge is 0.506 e. The van der Waals surface area contributed by atoms with E-state index < -0.39 is 17.9 Å². The first kappa shape index (κ1) is 15.5. The van der Waals surface area contributed by atoms with Crippen molar-refractivity contribution in [3.05, 3.63) is 24.3 Å². The lowest BCUT2D eigenvalue weighted by Gasteiger charge is -2.22. The van der Waals surface area contributed by atoms with Gasteiger partial charge in [-0.25, -0.2) is 0 Å². The van der Waals surface area contributed by atoms with Gasteiger partial charge in [-0.15, -0.1) is 0 Å². The van der Waals surface area contributed by atoms with Gasteiger partial charge in [-0.3, -0.25) is 14.4 Å². The molecule has 0 saturated carbocycles. The number of aliphatic carboxylic acids is 2. The Bertz CT molecular complexity index is 501. The number of hydrogen-bond donors (Lipinski definition) is 3. The third kappa shape index (κ3) is 4.27. The number of anilines is 1. The van der Waals surface area contributed by atoms with Crippen LogP contribution in [0.2, 0.25) is 0 Å². The van der Waals surface area contributed by atoms with E-state index in [0.29, 0.717) is 6.41 Å². The number of carbonyl (C=O) groups is 3. The summed E-state index contributed by atoms with van der Waals surface area (Å²) in [7, 11) is 0. The second-order valence-electron chi connectivity index (χ2n) is 4.21. The molecule has 20 heavy (non-hydrogen) atoms. The molecule has 0 fully saturated rings. The molecule has 0 aliphatic rings. The van der Waals surface area contributed by atoms with E-state index in [2.05, 4.69) is 0 Å². The molecule has 1 atom stereocenters. The van der Waals surface area contributed by atoms with Crippen molar-refractivity contribution in [2.24, 2.45) is 5.92 Å². The summed E-state index contributed by atoms with van der Waals surface area (Å²) in [5.41, 5.74) is 0.184. The summed E-state index contributed by atoms with van der Waals surface area (Å²) in [5, 5.41) is 27.3. The van der Waals surface area contributed by atoms with Crippen LogP contribution in [0.5, 0.6) is 5.75 Å². The maximum atomic E-state index is 11.1. The lowest BCUT2D eigenvalue weighted by atomic mass is 10.0. The smallest absolute Gasteiger partial charge is 0.308 e. The minimum atomic E-state index is -1.19. The van der Waals surface area contributed by atoms with E-state index >= 15 is 0 Å². The maximum Gasteiger partial charge on any atom is 0.308 e. The standard InChI is InChI=1S/C13H15NO6/c15-8-14(10-3-1-2-4-11(10)16)7-9(13(19)20)5-6-12(17)18/h1-4,8-9,16H,5-7H2,(H,17,18)(H,19,20). The van der Waals surface area contributed by atoms with Crippen molar-refractivity contribution < 1.29 is 29.7 Å². The van der Waals surface area contributed by atoms with E-state index in [9.17, 15) is 19.5 Å². The Morgan fingerprint density at radius 3 is 2.40 bits per heavy atom. The Balaban J connectivity index is 2.84. The molecule has 0 spiro atoms.